The fraction of sp³-hybridized carbons (Fsp3) is 0.462. The highest BCUT2D eigenvalue weighted by molar-refractivity contribution is 5.74. The fourth-order valence-corrected chi connectivity index (χ4v) is 1.16. The van der Waals surface area contributed by atoms with Crippen molar-refractivity contribution < 1.29 is 19.5 Å². The molecule has 1 aromatic carbocycles. The number of benzene rings is 1. The van der Waals surface area contributed by atoms with Crippen LogP contribution in [-0.2, 0) is 11.2 Å². The highest BCUT2D eigenvalue weighted by Crippen LogP contribution is 2.06. The molecule has 0 bridgehead atoms. The van der Waals surface area contributed by atoms with E-state index in [9.17, 15) is 9.18 Å². The van der Waals surface area contributed by atoms with Gasteiger partial charge in [0.05, 0.1) is 0 Å². The maximum Gasteiger partial charge on any atom is 0.243 e. The Morgan fingerprint density at radius 3 is 2.21 bits per heavy atom. The van der Waals surface area contributed by atoms with E-state index in [-0.39, 0.29) is 12.2 Å². The van der Waals surface area contributed by atoms with Crippen LogP contribution in [0.15, 0.2) is 24.3 Å². The number of carbonyl (C=O) groups is 1. The molecule has 5 N–H and O–H groups in total. The number of nitrogens with two attached hydrogens (primary N) is 1. The Morgan fingerprint density at radius 1 is 1.32 bits per heavy atom. The van der Waals surface area contributed by atoms with Crippen LogP contribution in [0.3, 0.4) is 0 Å². The van der Waals surface area contributed by atoms with Crippen molar-refractivity contribution in [2.45, 2.75) is 26.2 Å². The first-order valence-electron chi connectivity index (χ1n) is 5.96. The Balaban J connectivity index is 0. The maximum absolute atomic E-state index is 12.5. The number of halogens is 1. The average molecular weight is 274 g/mol. The lowest BCUT2D eigenvalue weighted by Gasteiger charge is -2.00. The number of amides is 1. The minimum absolute atomic E-state index is 0.262. The first kappa shape index (κ1) is 19.8. The molecule has 0 spiro atoms. The van der Waals surface area contributed by atoms with Gasteiger partial charge >= 0.3 is 0 Å². The van der Waals surface area contributed by atoms with Gasteiger partial charge in [-0.2, -0.15) is 0 Å². The van der Waals surface area contributed by atoms with Gasteiger partial charge in [-0.3, -0.25) is 10.0 Å². The monoisotopic (exact) mass is 274 g/mol. The summed E-state index contributed by atoms with van der Waals surface area (Å²) in [6.07, 6.45) is 1.61. The Bertz CT molecular complexity index is 318. The molecule has 0 aromatic heterocycles. The first-order chi connectivity index (χ1) is 9.13. The highest BCUT2D eigenvalue weighted by Gasteiger charge is 1.99. The van der Waals surface area contributed by atoms with Crippen LogP contribution >= 0.6 is 0 Å². The van der Waals surface area contributed by atoms with Crippen molar-refractivity contribution in [1.82, 2.24) is 5.48 Å². The minimum Gasteiger partial charge on any atom is -0.400 e. The van der Waals surface area contributed by atoms with Gasteiger partial charge in [-0.15, -0.1) is 0 Å². The Morgan fingerprint density at radius 2 is 1.79 bits per heavy atom. The largest absolute Gasteiger partial charge is 0.400 e. The molecule has 0 saturated heterocycles. The molecule has 0 aliphatic carbocycles. The van der Waals surface area contributed by atoms with Gasteiger partial charge in [-0.25, -0.2) is 9.87 Å². The molecule has 1 aromatic rings. The summed E-state index contributed by atoms with van der Waals surface area (Å²) in [6.45, 7) is 2.65. The molecule has 6 heteroatoms. The van der Waals surface area contributed by atoms with Crippen molar-refractivity contribution in [3.05, 3.63) is 35.6 Å². The second-order valence-electron chi connectivity index (χ2n) is 3.42. The van der Waals surface area contributed by atoms with Crippen LogP contribution in [0.1, 0.15) is 25.3 Å². The van der Waals surface area contributed by atoms with Gasteiger partial charge in [0.15, 0.2) is 0 Å². The standard InChI is InChI=1S/C10H12FNO2.C2H7N.CH4O/c11-9-6-4-8(5-7-9)2-1-3-10(13)12-14;1-2-3;1-2/h4-7,14H,1-3H2,(H,12,13);2-3H2,1H3;2H,1H3. The van der Waals surface area contributed by atoms with Crippen molar-refractivity contribution in [2.24, 2.45) is 5.73 Å². The number of aliphatic hydroxyl groups is 1. The van der Waals surface area contributed by atoms with Gasteiger partial charge in [0.2, 0.25) is 5.91 Å². The Labute approximate surface area is 113 Å². The molecule has 0 radical (unpaired) electrons. The van der Waals surface area contributed by atoms with Crippen LogP contribution in [0.2, 0.25) is 0 Å². The summed E-state index contributed by atoms with van der Waals surface area (Å²) in [7, 11) is 1.00. The summed E-state index contributed by atoms with van der Waals surface area (Å²) >= 11 is 0. The molecule has 0 fully saturated rings. The van der Waals surface area contributed by atoms with E-state index in [0.717, 1.165) is 19.2 Å². The summed E-state index contributed by atoms with van der Waals surface area (Å²) in [5.74, 6) is -0.658. The summed E-state index contributed by atoms with van der Waals surface area (Å²) in [6, 6.07) is 6.15. The third kappa shape index (κ3) is 12.7. The second kappa shape index (κ2) is 14.6. The topological polar surface area (TPSA) is 95.6 Å². The van der Waals surface area contributed by atoms with E-state index in [1.54, 1.807) is 17.6 Å². The highest BCUT2D eigenvalue weighted by atomic mass is 19.1. The lowest BCUT2D eigenvalue weighted by Crippen LogP contribution is -2.18. The zero-order valence-corrected chi connectivity index (χ0v) is 11.4. The first-order valence-corrected chi connectivity index (χ1v) is 5.96. The van der Waals surface area contributed by atoms with Crippen LogP contribution < -0.4 is 11.2 Å². The van der Waals surface area contributed by atoms with Crippen LogP contribution in [-0.4, -0.2) is 29.9 Å². The Hall–Kier alpha value is -1.50. The van der Waals surface area contributed by atoms with Crippen LogP contribution in [0.25, 0.3) is 0 Å². The zero-order chi connectivity index (χ0) is 15.1. The van der Waals surface area contributed by atoms with E-state index in [4.69, 9.17) is 16.0 Å². The van der Waals surface area contributed by atoms with Crippen molar-refractivity contribution in [3.63, 3.8) is 0 Å². The van der Waals surface area contributed by atoms with Gasteiger partial charge in [0.1, 0.15) is 5.82 Å². The number of hydroxylamine groups is 1. The van der Waals surface area contributed by atoms with E-state index >= 15 is 0 Å². The van der Waals surface area contributed by atoms with Crippen LogP contribution in [0.5, 0.6) is 0 Å². The molecule has 0 unspecified atom stereocenters. The lowest BCUT2D eigenvalue weighted by atomic mass is 10.1. The van der Waals surface area contributed by atoms with Gasteiger partial charge in [0, 0.05) is 13.5 Å². The molecule has 0 aliphatic heterocycles. The summed E-state index contributed by atoms with van der Waals surface area (Å²) < 4.78 is 12.5. The smallest absolute Gasteiger partial charge is 0.243 e. The van der Waals surface area contributed by atoms with Crippen molar-refractivity contribution >= 4 is 5.91 Å². The number of hydrogen-bond donors (Lipinski definition) is 4. The number of aryl methyl sites for hydroxylation is 1. The number of carbonyl (C=O) groups excluding carboxylic acids is 1. The molecule has 1 amide bonds. The Kier molecular flexibility index (Phi) is 15.2. The van der Waals surface area contributed by atoms with E-state index in [1.165, 1.54) is 12.1 Å². The van der Waals surface area contributed by atoms with Crippen molar-refractivity contribution in [3.8, 4) is 0 Å². The quantitative estimate of drug-likeness (QED) is 0.490. The SMILES string of the molecule is CCN.CO.O=C(CCCc1ccc(F)cc1)NO. The minimum atomic E-state index is -0.396. The molecule has 0 atom stereocenters. The predicted molar refractivity (Wildman–Crippen MR) is 72.1 cm³/mol. The summed E-state index contributed by atoms with van der Waals surface area (Å²) in [5, 5.41) is 15.2. The predicted octanol–water partition coefficient (Wildman–Crippen LogP) is 1.23. The number of aliphatic hydroxyl groups excluding tert-OH is 1. The van der Waals surface area contributed by atoms with E-state index in [1.807, 2.05) is 6.92 Å². The summed E-state index contributed by atoms with van der Waals surface area (Å²) in [4.78, 5) is 10.6. The normalized spacial score (nSPS) is 8.53. The zero-order valence-electron chi connectivity index (χ0n) is 11.4. The summed E-state index contributed by atoms with van der Waals surface area (Å²) in [5.41, 5.74) is 7.39. The molecule has 19 heavy (non-hydrogen) atoms. The third-order valence-electron chi connectivity index (χ3n) is 1.91. The van der Waals surface area contributed by atoms with Crippen LogP contribution in [0, 0.1) is 5.82 Å². The molecule has 1 rings (SSSR count). The van der Waals surface area contributed by atoms with E-state index in [2.05, 4.69) is 0 Å². The van der Waals surface area contributed by atoms with Crippen LogP contribution in [0.4, 0.5) is 4.39 Å². The van der Waals surface area contributed by atoms with Gasteiger partial charge in [-0.1, -0.05) is 19.1 Å². The molecule has 0 aliphatic rings. The molecule has 5 nitrogen and oxygen atoms in total. The molecule has 110 valence electrons. The van der Waals surface area contributed by atoms with Gasteiger partial charge < -0.3 is 10.8 Å². The second-order valence-corrected chi connectivity index (χ2v) is 3.42. The number of rotatable bonds is 4. The molecule has 0 saturated carbocycles. The van der Waals surface area contributed by atoms with E-state index < -0.39 is 5.91 Å². The molecular formula is C13H23FN2O3. The maximum atomic E-state index is 12.5. The van der Waals surface area contributed by atoms with E-state index in [0.29, 0.717) is 12.8 Å². The van der Waals surface area contributed by atoms with Crippen molar-refractivity contribution in [1.29, 1.82) is 0 Å². The van der Waals surface area contributed by atoms with Crippen molar-refractivity contribution in [2.75, 3.05) is 13.7 Å². The lowest BCUT2D eigenvalue weighted by molar-refractivity contribution is -0.129. The fourth-order valence-electron chi connectivity index (χ4n) is 1.16. The van der Waals surface area contributed by atoms with Gasteiger partial charge in [-0.05, 0) is 37.1 Å². The molecule has 0 heterocycles. The third-order valence-corrected chi connectivity index (χ3v) is 1.91. The number of hydrogen-bond acceptors (Lipinski definition) is 4. The average Bonchev–Trinajstić information content (AvgIpc) is 2.44. The molecular weight excluding hydrogens is 251 g/mol. The van der Waals surface area contributed by atoms with Gasteiger partial charge in [0.25, 0.3) is 0 Å². The number of nitrogens with one attached hydrogen (secondary N) is 1.